The van der Waals surface area contributed by atoms with E-state index in [0.717, 1.165) is 36.5 Å². The second kappa shape index (κ2) is 7.96. The molecule has 2 aliphatic heterocycles. The first-order valence-corrected chi connectivity index (χ1v) is 10.1. The molecule has 0 spiro atoms. The number of carbonyl (C=O) groups excluding carboxylic acids is 1. The summed E-state index contributed by atoms with van der Waals surface area (Å²) in [5, 5.41) is 13.9. The molecular weight excluding hydrogens is 400 g/mol. The molecule has 2 fully saturated rings. The van der Waals surface area contributed by atoms with Crippen molar-refractivity contribution < 1.29 is 13.6 Å². The first kappa shape index (κ1) is 19.6. The highest BCUT2D eigenvalue weighted by atomic mass is 32.1. The van der Waals surface area contributed by atoms with E-state index in [-0.39, 0.29) is 11.6 Å². The summed E-state index contributed by atoms with van der Waals surface area (Å²) in [6.45, 7) is 0.966. The molecule has 1 unspecified atom stereocenters. The smallest absolute Gasteiger partial charge is 0.282 e. The van der Waals surface area contributed by atoms with Crippen LogP contribution in [0.2, 0.25) is 0 Å². The monoisotopic (exact) mass is 419 g/mol. The molecule has 2 aromatic heterocycles. The van der Waals surface area contributed by atoms with Gasteiger partial charge in [0.05, 0.1) is 31.4 Å². The molecule has 4 heterocycles. The van der Waals surface area contributed by atoms with E-state index >= 15 is 0 Å². The number of amides is 1. The number of alkyl halides is 2. The minimum absolute atomic E-state index is 0.128. The maximum Gasteiger partial charge on any atom is 0.282 e. The minimum atomic E-state index is -2.80. The first-order valence-electron chi connectivity index (χ1n) is 9.25. The van der Waals surface area contributed by atoms with E-state index in [4.69, 9.17) is 5.26 Å². The van der Waals surface area contributed by atoms with Gasteiger partial charge in [0.25, 0.3) is 11.8 Å². The van der Waals surface area contributed by atoms with Gasteiger partial charge >= 0.3 is 0 Å². The maximum absolute atomic E-state index is 13.0. The van der Waals surface area contributed by atoms with Gasteiger partial charge in [0.2, 0.25) is 5.95 Å². The van der Waals surface area contributed by atoms with Gasteiger partial charge in [0.15, 0.2) is 5.13 Å². The van der Waals surface area contributed by atoms with Crippen LogP contribution in [0.25, 0.3) is 0 Å². The van der Waals surface area contributed by atoms with Gasteiger partial charge in [-0.25, -0.2) is 23.7 Å². The zero-order chi connectivity index (χ0) is 20.4. The molecule has 2 aliphatic rings. The first-order chi connectivity index (χ1) is 13.9. The van der Waals surface area contributed by atoms with Crippen LogP contribution in [-0.2, 0) is 0 Å². The molecule has 0 radical (unpaired) electrons. The standard InChI is InChI=1S/C18H19F2N7OS/c19-18(20)10-27(11-18)15(28)14-9-29-17(24-14)25-16-22-5-3-13(23-16)12-2-1-6-26(8-12)7-4-21/h3,5,9,12H,1-2,6-8,10-11H2,(H,22,23,24,25). The Labute approximate surface area is 170 Å². The molecule has 0 saturated carbocycles. The van der Waals surface area contributed by atoms with Crippen molar-refractivity contribution in [3.63, 3.8) is 0 Å². The lowest BCUT2D eigenvalue weighted by Gasteiger charge is -2.38. The van der Waals surface area contributed by atoms with Gasteiger partial charge in [-0.1, -0.05) is 0 Å². The third-order valence-electron chi connectivity index (χ3n) is 4.97. The topological polar surface area (TPSA) is 98.0 Å². The van der Waals surface area contributed by atoms with E-state index in [0.29, 0.717) is 17.6 Å². The van der Waals surface area contributed by atoms with Gasteiger partial charge in [-0.3, -0.25) is 9.69 Å². The number of nitrogens with one attached hydrogen (secondary N) is 1. The average molecular weight is 419 g/mol. The maximum atomic E-state index is 13.0. The molecule has 152 valence electrons. The number of anilines is 2. The van der Waals surface area contributed by atoms with Gasteiger partial charge < -0.3 is 10.2 Å². The van der Waals surface area contributed by atoms with E-state index in [1.54, 1.807) is 6.20 Å². The van der Waals surface area contributed by atoms with Crippen molar-refractivity contribution in [2.24, 2.45) is 0 Å². The lowest BCUT2D eigenvalue weighted by molar-refractivity contribution is -0.113. The van der Waals surface area contributed by atoms with Crippen LogP contribution >= 0.6 is 11.3 Å². The van der Waals surface area contributed by atoms with Crippen molar-refractivity contribution in [3.05, 3.63) is 29.0 Å². The largest absolute Gasteiger partial charge is 0.325 e. The molecule has 1 amide bonds. The van der Waals surface area contributed by atoms with Crippen molar-refractivity contribution >= 4 is 28.3 Å². The molecule has 2 saturated heterocycles. The lowest BCUT2D eigenvalue weighted by Crippen LogP contribution is -2.58. The van der Waals surface area contributed by atoms with Gasteiger partial charge in [-0.05, 0) is 25.5 Å². The van der Waals surface area contributed by atoms with Crippen LogP contribution in [0.1, 0.15) is 34.9 Å². The molecule has 0 aliphatic carbocycles. The third kappa shape index (κ3) is 4.49. The summed E-state index contributed by atoms with van der Waals surface area (Å²) < 4.78 is 25.9. The summed E-state index contributed by atoms with van der Waals surface area (Å²) >= 11 is 1.19. The number of hydrogen-bond acceptors (Lipinski definition) is 8. The number of aromatic nitrogens is 3. The van der Waals surface area contributed by atoms with E-state index in [2.05, 4.69) is 31.2 Å². The number of rotatable bonds is 5. The number of likely N-dealkylation sites (tertiary alicyclic amines) is 2. The lowest BCUT2D eigenvalue weighted by atomic mass is 9.94. The second-order valence-corrected chi connectivity index (χ2v) is 8.08. The van der Waals surface area contributed by atoms with Gasteiger partial charge in [-0.2, -0.15) is 5.26 Å². The molecule has 8 nitrogen and oxygen atoms in total. The minimum Gasteiger partial charge on any atom is -0.325 e. The Morgan fingerprint density at radius 3 is 3.00 bits per heavy atom. The number of nitrogens with zero attached hydrogens (tertiary/aromatic N) is 6. The predicted octanol–water partition coefficient (Wildman–Crippen LogP) is 2.47. The van der Waals surface area contributed by atoms with Crippen LogP contribution < -0.4 is 5.32 Å². The quantitative estimate of drug-likeness (QED) is 0.744. The van der Waals surface area contributed by atoms with Crippen molar-refractivity contribution in [2.75, 3.05) is 38.0 Å². The fourth-order valence-corrected chi connectivity index (χ4v) is 4.22. The molecule has 29 heavy (non-hydrogen) atoms. The van der Waals surface area contributed by atoms with Crippen molar-refractivity contribution in [1.82, 2.24) is 24.8 Å². The van der Waals surface area contributed by atoms with Gasteiger partial charge in [-0.15, -0.1) is 11.3 Å². The molecule has 1 atom stereocenters. The normalized spacial score (nSPS) is 21.3. The summed E-state index contributed by atoms with van der Waals surface area (Å²) in [5.41, 5.74) is 1.02. The number of hydrogen-bond donors (Lipinski definition) is 1. The highest BCUT2D eigenvalue weighted by molar-refractivity contribution is 7.14. The average Bonchev–Trinajstić information content (AvgIpc) is 3.15. The summed E-state index contributed by atoms with van der Waals surface area (Å²) in [6, 6.07) is 4.05. The Bertz CT molecular complexity index is 936. The highest BCUT2D eigenvalue weighted by Gasteiger charge is 2.46. The summed E-state index contributed by atoms with van der Waals surface area (Å²) in [7, 11) is 0. The molecular formula is C18H19F2N7OS. The van der Waals surface area contributed by atoms with Crippen LogP contribution in [-0.4, -0.2) is 69.3 Å². The third-order valence-corrected chi connectivity index (χ3v) is 5.73. The zero-order valence-electron chi connectivity index (χ0n) is 15.5. The summed E-state index contributed by atoms with van der Waals surface area (Å²) in [5.74, 6) is -2.72. The highest BCUT2D eigenvalue weighted by Crippen LogP contribution is 2.30. The fraction of sp³-hybridized carbons (Fsp3) is 0.500. The molecule has 2 aromatic rings. The Kier molecular flexibility index (Phi) is 5.38. The second-order valence-electron chi connectivity index (χ2n) is 7.22. The number of halogens is 2. The number of carbonyl (C=O) groups is 1. The Morgan fingerprint density at radius 1 is 1.41 bits per heavy atom. The Morgan fingerprint density at radius 2 is 2.24 bits per heavy atom. The SMILES string of the molecule is N#CCN1CCCC(c2ccnc(Nc3nc(C(=O)N4CC(F)(F)C4)cs3)n2)C1. The molecule has 11 heteroatoms. The summed E-state index contributed by atoms with van der Waals surface area (Å²) in [6.07, 6.45) is 3.66. The number of thiazole rings is 1. The van der Waals surface area contributed by atoms with Crippen LogP contribution in [0.3, 0.4) is 0 Å². The predicted molar refractivity (Wildman–Crippen MR) is 102 cm³/mol. The van der Waals surface area contributed by atoms with E-state index < -0.39 is 24.9 Å². The molecule has 0 aromatic carbocycles. The molecule has 1 N–H and O–H groups in total. The van der Waals surface area contributed by atoms with Crippen LogP contribution in [0.5, 0.6) is 0 Å². The van der Waals surface area contributed by atoms with Crippen molar-refractivity contribution in [3.8, 4) is 6.07 Å². The van der Waals surface area contributed by atoms with Crippen LogP contribution in [0, 0.1) is 11.3 Å². The van der Waals surface area contributed by atoms with E-state index in [1.807, 2.05) is 6.07 Å². The Balaban J connectivity index is 1.40. The number of nitriles is 1. The molecule has 0 bridgehead atoms. The van der Waals surface area contributed by atoms with E-state index in [1.165, 1.54) is 16.7 Å². The van der Waals surface area contributed by atoms with E-state index in [9.17, 15) is 13.6 Å². The van der Waals surface area contributed by atoms with Gasteiger partial charge in [0, 0.05) is 24.0 Å². The van der Waals surface area contributed by atoms with Crippen molar-refractivity contribution in [2.45, 2.75) is 24.7 Å². The van der Waals surface area contributed by atoms with Crippen LogP contribution in [0.4, 0.5) is 19.9 Å². The molecule has 4 rings (SSSR count). The summed E-state index contributed by atoms with van der Waals surface area (Å²) in [4.78, 5) is 28.3. The van der Waals surface area contributed by atoms with Crippen LogP contribution in [0.15, 0.2) is 17.6 Å². The zero-order valence-corrected chi connectivity index (χ0v) is 16.3. The Hall–Kier alpha value is -2.71. The van der Waals surface area contributed by atoms with Crippen molar-refractivity contribution in [1.29, 1.82) is 5.26 Å². The fourth-order valence-electron chi connectivity index (χ4n) is 3.54. The number of piperidine rings is 1. The van der Waals surface area contributed by atoms with Gasteiger partial charge in [0.1, 0.15) is 5.69 Å².